The third-order valence-electron chi connectivity index (χ3n) is 6.70. The summed E-state index contributed by atoms with van der Waals surface area (Å²) in [6, 6.07) is 0. The van der Waals surface area contributed by atoms with E-state index in [2.05, 4.69) is 20.8 Å². The summed E-state index contributed by atoms with van der Waals surface area (Å²) in [6.45, 7) is 6.22. The molecule has 242 valence electrons. The van der Waals surface area contributed by atoms with E-state index in [-0.39, 0.29) is 31.7 Å². The maximum atomic E-state index is 11.9. The highest BCUT2D eigenvalue weighted by atomic mass is 16.6. The molecule has 0 rings (SSSR count). The number of aliphatic hydroxyl groups is 3. The fourth-order valence-electron chi connectivity index (χ4n) is 4.13. The topological polar surface area (TPSA) is 113 Å². The SMILES string of the molecule is CCCCC[C@H](O)/C=C/C=C\C/C=C\C=C\[C@H](O)CCCC(=O)OC[C@H](O)COC(=O)CCCCCCCCC(C)C. The van der Waals surface area contributed by atoms with E-state index < -0.39 is 18.2 Å². The standard InChI is InChI=1S/C35H60O7/c1-4-5-15-22-31(36)23-17-12-7-6-8-13-18-24-32(37)25-20-27-35(40)42-29-33(38)28-41-34(39)26-19-14-10-9-11-16-21-30(2)3/h7-8,12-13,17-18,23-24,30-33,36-38H,4-6,9-11,14-16,19-22,25-29H2,1-3H3/b12-7-,13-8-,23-17+,24-18+/t31-,32-,33+/m0/s1. The summed E-state index contributed by atoms with van der Waals surface area (Å²) in [5, 5.41) is 29.8. The quantitative estimate of drug-likeness (QED) is 0.0521. The molecule has 0 heterocycles. The molecule has 7 nitrogen and oxygen atoms in total. The Bertz CT molecular complexity index is 769. The number of esters is 2. The van der Waals surface area contributed by atoms with Gasteiger partial charge >= 0.3 is 11.9 Å². The molecule has 0 spiro atoms. The number of carbonyl (C=O) groups excluding carboxylic acids is 2. The Kier molecular flexibility index (Phi) is 27.4. The first-order chi connectivity index (χ1) is 20.2. The summed E-state index contributed by atoms with van der Waals surface area (Å²) < 4.78 is 10.1. The van der Waals surface area contributed by atoms with Crippen LogP contribution in [0.3, 0.4) is 0 Å². The van der Waals surface area contributed by atoms with Crippen LogP contribution < -0.4 is 0 Å². The van der Waals surface area contributed by atoms with Gasteiger partial charge in [0.2, 0.25) is 0 Å². The van der Waals surface area contributed by atoms with Gasteiger partial charge in [-0.3, -0.25) is 9.59 Å². The van der Waals surface area contributed by atoms with E-state index in [4.69, 9.17) is 9.47 Å². The highest BCUT2D eigenvalue weighted by molar-refractivity contribution is 5.69. The Labute approximate surface area is 255 Å². The van der Waals surface area contributed by atoms with Crippen LogP contribution in [0.15, 0.2) is 48.6 Å². The zero-order valence-electron chi connectivity index (χ0n) is 26.6. The molecule has 0 bridgehead atoms. The third-order valence-corrected chi connectivity index (χ3v) is 6.70. The molecule has 0 aliphatic heterocycles. The molecule has 7 heteroatoms. The number of aliphatic hydroxyl groups excluding tert-OH is 3. The summed E-state index contributed by atoms with van der Waals surface area (Å²) in [5.41, 5.74) is 0. The number of hydrogen-bond donors (Lipinski definition) is 3. The molecule has 0 radical (unpaired) electrons. The first kappa shape index (κ1) is 39.8. The van der Waals surface area contributed by atoms with Crippen molar-refractivity contribution in [3.05, 3.63) is 48.6 Å². The van der Waals surface area contributed by atoms with Gasteiger partial charge in [0.05, 0.1) is 12.2 Å². The van der Waals surface area contributed by atoms with Gasteiger partial charge in [0.25, 0.3) is 0 Å². The van der Waals surface area contributed by atoms with Crippen LogP contribution in [0.2, 0.25) is 0 Å². The van der Waals surface area contributed by atoms with Gasteiger partial charge in [0.1, 0.15) is 19.3 Å². The average molecular weight is 593 g/mol. The average Bonchev–Trinajstić information content (AvgIpc) is 2.95. The molecular formula is C35H60O7. The van der Waals surface area contributed by atoms with Crippen LogP contribution in [0.1, 0.15) is 124 Å². The predicted octanol–water partition coefficient (Wildman–Crippen LogP) is 7.30. The van der Waals surface area contributed by atoms with Gasteiger partial charge < -0.3 is 24.8 Å². The molecule has 0 aliphatic carbocycles. The van der Waals surface area contributed by atoms with E-state index in [1.54, 1.807) is 18.2 Å². The van der Waals surface area contributed by atoms with Crippen molar-refractivity contribution in [1.29, 1.82) is 0 Å². The van der Waals surface area contributed by atoms with Gasteiger partial charge in [-0.2, -0.15) is 0 Å². The molecule has 0 saturated carbocycles. The maximum absolute atomic E-state index is 11.9. The Morgan fingerprint density at radius 1 is 0.619 bits per heavy atom. The molecular weight excluding hydrogens is 532 g/mol. The molecule has 3 N–H and O–H groups in total. The van der Waals surface area contributed by atoms with E-state index in [0.717, 1.165) is 57.3 Å². The molecule has 0 aromatic rings. The summed E-state index contributed by atoms with van der Waals surface area (Å²) in [6.07, 6.45) is 26.8. The monoisotopic (exact) mass is 592 g/mol. The number of carbonyl (C=O) groups is 2. The van der Waals surface area contributed by atoms with Crippen LogP contribution in [0.25, 0.3) is 0 Å². The zero-order valence-corrected chi connectivity index (χ0v) is 26.6. The number of rotatable bonds is 27. The Morgan fingerprint density at radius 2 is 1.10 bits per heavy atom. The molecule has 0 fully saturated rings. The Hall–Kier alpha value is -2.22. The lowest BCUT2D eigenvalue weighted by molar-refractivity contribution is -0.152. The molecule has 0 aliphatic rings. The summed E-state index contributed by atoms with van der Waals surface area (Å²) in [7, 11) is 0. The van der Waals surface area contributed by atoms with Gasteiger partial charge in [-0.05, 0) is 38.0 Å². The lowest BCUT2D eigenvalue weighted by Crippen LogP contribution is -2.25. The lowest BCUT2D eigenvalue weighted by atomic mass is 10.0. The van der Waals surface area contributed by atoms with E-state index in [1.807, 2.05) is 30.4 Å². The van der Waals surface area contributed by atoms with Crippen molar-refractivity contribution in [3.63, 3.8) is 0 Å². The third kappa shape index (κ3) is 29.3. The second-order valence-corrected chi connectivity index (χ2v) is 11.5. The van der Waals surface area contributed by atoms with Crippen molar-refractivity contribution in [2.24, 2.45) is 5.92 Å². The van der Waals surface area contributed by atoms with E-state index in [1.165, 1.54) is 25.7 Å². The Morgan fingerprint density at radius 3 is 1.64 bits per heavy atom. The van der Waals surface area contributed by atoms with Gasteiger partial charge in [-0.25, -0.2) is 0 Å². The molecule has 0 aromatic heterocycles. The summed E-state index contributed by atoms with van der Waals surface area (Å²) >= 11 is 0. The molecule has 3 atom stereocenters. The molecule has 0 amide bonds. The van der Waals surface area contributed by atoms with E-state index >= 15 is 0 Å². The summed E-state index contributed by atoms with van der Waals surface area (Å²) in [5.74, 6) is -0.0388. The minimum atomic E-state index is -1.05. The van der Waals surface area contributed by atoms with Crippen molar-refractivity contribution >= 4 is 11.9 Å². The fraction of sp³-hybridized carbons (Fsp3) is 0.714. The van der Waals surface area contributed by atoms with Crippen molar-refractivity contribution in [2.45, 2.75) is 142 Å². The van der Waals surface area contributed by atoms with Crippen molar-refractivity contribution in [2.75, 3.05) is 13.2 Å². The lowest BCUT2D eigenvalue weighted by Gasteiger charge is -2.12. The number of unbranched alkanes of at least 4 members (excludes halogenated alkanes) is 7. The second kappa shape index (κ2) is 28.9. The van der Waals surface area contributed by atoms with Crippen LogP contribution in [-0.2, 0) is 19.1 Å². The van der Waals surface area contributed by atoms with Crippen molar-refractivity contribution in [1.82, 2.24) is 0 Å². The van der Waals surface area contributed by atoms with Crippen LogP contribution in [0, 0.1) is 5.92 Å². The minimum absolute atomic E-state index is 0.135. The molecule has 0 aromatic carbocycles. The first-order valence-corrected chi connectivity index (χ1v) is 16.3. The van der Waals surface area contributed by atoms with Crippen LogP contribution in [0.5, 0.6) is 0 Å². The largest absolute Gasteiger partial charge is 0.463 e. The van der Waals surface area contributed by atoms with E-state index in [9.17, 15) is 24.9 Å². The highest BCUT2D eigenvalue weighted by Crippen LogP contribution is 2.12. The minimum Gasteiger partial charge on any atom is -0.463 e. The van der Waals surface area contributed by atoms with Crippen LogP contribution in [0.4, 0.5) is 0 Å². The predicted molar refractivity (Wildman–Crippen MR) is 171 cm³/mol. The maximum Gasteiger partial charge on any atom is 0.305 e. The number of hydrogen-bond acceptors (Lipinski definition) is 7. The van der Waals surface area contributed by atoms with Gasteiger partial charge in [-0.15, -0.1) is 0 Å². The van der Waals surface area contributed by atoms with Gasteiger partial charge in [0, 0.05) is 12.8 Å². The summed E-state index contributed by atoms with van der Waals surface area (Å²) in [4.78, 5) is 23.7. The Balaban J connectivity index is 3.79. The van der Waals surface area contributed by atoms with Crippen molar-refractivity contribution in [3.8, 4) is 0 Å². The molecule has 42 heavy (non-hydrogen) atoms. The van der Waals surface area contributed by atoms with Gasteiger partial charge in [0.15, 0.2) is 0 Å². The molecule has 0 unspecified atom stereocenters. The van der Waals surface area contributed by atoms with Crippen LogP contribution in [-0.4, -0.2) is 58.8 Å². The second-order valence-electron chi connectivity index (χ2n) is 11.5. The normalized spacial score (nSPS) is 14.5. The number of allylic oxidation sites excluding steroid dienone is 6. The van der Waals surface area contributed by atoms with Crippen molar-refractivity contribution < 1.29 is 34.4 Å². The fourth-order valence-corrected chi connectivity index (χ4v) is 4.13. The van der Waals surface area contributed by atoms with E-state index in [0.29, 0.717) is 19.3 Å². The van der Waals surface area contributed by atoms with Crippen LogP contribution >= 0.6 is 0 Å². The zero-order chi connectivity index (χ0) is 31.3. The highest BCUT2D eigenvalue weighted by Gasteiger charge is 2.12. The molecule has 0 saturated heterocycles. The number of ether oxygens (including phenoxy) is 2. The first-order valence-electron chi connectivity index (χ1n) is 16.3. The smallest absolute Gasteiger partial charge is 0.305 e. The van der Waals surface area contributed by atoms with Gasteiger partial charge in [-0.1, -0.05) is 127 Å².